The second kappa shape index (κ2) is 4.49. The minimum atomic E-state index is -0.155. The van der Waals surface area contributed by atoms with Crippen LogP contribution in [0.3, 0.4) is 0 Å². The van der Waals surface area contributed by atoms with Crippen molar-refractivity contribution in [3.8, 4) is 0 Å². The Morgan fingerprint density at radius 2 is 2.18 bits per heavy atom. The van der Waals surface area contributed by atoms with Gasteiger partial charge in [0.25, 0.3) is 0 Å². The molecule has 0 N–H and O–H groups in total. The Balaban J connectivity index is 1.71. The molecule has 0 radical (unpaired) electrons. The first-order valence-electron chi connectivity index (χ1n) is 5.60. The number of thioether (sulfide) groups is 1. The summed E-state index contributed by atoms with van der Waals surface area (Å²) in [7, 11) is 0. The molecule has 1 aromatic carbocycles. The van der Waals surface area contributed by atoms with Crippen LogP contribution in [0.1, 0.15) is 24.4 Å². The summed E-state index contributed by atoms with van der Waals surface area (Å²) in [5.41, 5.74) is 0.711. The molecule has 0 aliphatic heterocycles. The molecule has 1 aliphatic rings. The Labute approximate surface area is 103 Å². The summed E-state index contributed by atoms with van der Waals surface area (Å²) >= 11 is 1.54. The number of hydrogen-bond acceptors (Lipinski definition) is 3. The third-order valence-corrected chi connectivity index (χ3v) is 3.80. The van der Waals surface area contributed by atoms with Crippen LogP contribution in [0.2, 0.25) is 0 Å². The summed E-state index contributed by atoms with van der Waals surface area (Å²) in [6.45, 7) is 0. The summed E-state index contributed by atoms with van der Waals surface area (Å²) in [6, 6.07) is 7.41. The normalized spacial score (nSPS) is 15.1. The third-order valence-electron chi connectivity index (χ3n) is 2.80. The SMILES string of the molecule is Fc1ccccc1CSc1nncn1C1CC1. The van der Waals surface area contributed by atoms with Crippen LogP contribution in [0.15, 0.2) is 35.7 Å². The van der Waals surface area contributed by atoms with E-state index in [0.29, 0.717) is 17.4 Å². The summed E-state index contributed by atoms with van der Waals surface area (Å²) < 4.78 is 15.5. The van der Waals surface area contributed by atoms with Gasteiger partial charge < -0.3 is 4.57 Å². The zero-order chi connectivity index (χ0) is 11.7. The van der Waals surface area contributed by atoms with Gasteiger partial charge in [0, 0.05) is 11.8 Å². The van der Waals surface area contributed by atoms with Gasteiger partial charge >= 0.3 is 0 Å². The molecule has 1 fully saturated rings. The molecule has 1 aromatic heterocycles. The van der Waals surface area contributed by atoms with E-state index >= 15 is 0 Å². The average Bonchev–Trinajstić information content (AvgIpc) is 3.08. The molecule has 1 aliphatic carbocycles. The fourth-order valence-electron chi connectivity index (χ4n) is 1.70. The van der Waals surface area contributed by atoms with Gasteiger partial charge in [-0.2, -0.15) is 0 Å². The van der Waals surface area contributed by atoms with Gasteiger partial charge in [0.05, 0.1) is 0 Å². The van der Waals surface area contributed by atoms with Crippen molar-refractivity contribution in [2.75, 3.05) is 0 Å². The molecule has 3 nitrogen and oxygen atoms in total. The summed E-state index contributed by atoms with van der Waals surface area (Å²) in [6.07, 6.45) is 4.16. The monoisotopic (exact) mass is 249 g/mol. The van der Waals surface area contributed by atoms with Gasteiger partial charge in [0.15, 0.2) is 5.16 Å². The van der Waals surface area contributed by atoms with Crippen molar-refractivity contribution < 1.29 is 4.39 Å². The zero-order valence-electron chi connectivity index (χ0n) is 9.21. The number of nitrogens with zero attached hydrogens (tertiary/aromatic N) is 3. The largest absolute Gasteiger partial charge is 0.306 e. The van der Waals surface area contributed by atoms with Crippen molar-refractivity contribution in [1.29, 1.82) is 0 Å². The van der Waals surface area contributed by atoms with Crippen LogP contribution >= 0.6 is 11.8 Å². The predicted molar refractivity (Wildman–Crippen MR) is 64.3 cm³/mol. The van der Waals surface area contributed by atoms with Crippen molar-refractivity contribution in [2.45, 2.75) is 29.8 Å². The molecule has 0 unspecified atom stereocenters. The highest BCUT2D eigenvalue weighted by Crippen LogP contribution is 2.37. The number of halogens is 1. The second-order valence-corrected chi connectivity index (χ2v) is 5.07. The van der Waals surface area contributed by atoms with Gasteiger partial charge in [-0.3, -0.25) is 0 Å². The maximum Gasteiger partial charge on any atom is 0.191 e. The second-order valence-electron chi connectivity index (χ2n) is 4.13. The van der Waals surface area contributed by atoms with E-state index in [9.17, 15) is 4.39 Å². The van der Waals surface area contributed by atoms with E-state index in [2.05, 4.69) is 14.8 Å². The van der Waals surface area contributed by atoms with Crippen LogP contribution in [-0.2, 0) is 5.75 Å². The van der Waals surface area contributed by atoms with Gasteiger partial charge in [-0.15, -0.1) is 10.2 Å². The van der Waals surface area contributed by atoms with Crippen molar-refractivity contribution >= 4 is 11.8 Å². The first-order chi connectivity index (χ1) is 8.34. The summed E-state index contributed by atoms with van der Waals surface area (Å²) in [5.74, 6) is 0.440. The Hall–Kier alpha value is -1.36. The first kappa shape index (κ1) is 10.8. The lowest BCUT2D eigenvalue weighted by Gasteiger charge is -2.04. The van der Waals surface area contributed by atoms with E-state index in [1.54, 1.807) is 18.5 Å². The Morgan fingerprint density at radius 1 is 1.35 bits per heavy atom. The molecule has 17 heavy (non-hydrogen) atoms. The topological polar surface area (TPSA) is 30.7 Å². The predicted octanol–water partition coefficient (Wildman–Crippen LogP) is 3.04. The standard InChI is InChI=1S/C12H12FN3S/c13-11-4-2-1-3-9(11)7-17-12-15-14-8-16(12)10-5-6-10/h1-4,8,10H,5-7H2. The minimum Gasteiger partial charge on any atom is -0.306 e. The molecule has 0 amide bonds. The molecular formula is C12H12FN3S. The minimum absolute atomic E-state index is 0.155. The maximum absolute atomic E-state index is 13.4. The zero-order valence-corrected chi connectivity index (χ0v) is 10.0. The van der Waals surface area contributed by atoms with Gasteiger partial charge in [0.1, 0.15) is 12.1 Å². The fraction of sp³-hybridized carbons (Fsp3) is 0.333. The number of benzene rings is 1. The third kappa shape index (κ3) is 2.34. The number of aromatic nitrogens is 3. The lowest BCUT2D eigenvalue weighted by molar-refractivity contribution is 0.617. The Morgan fingerprint density at radius 3 is 2.94 bits per heavy atom. The highest BCUT2D eigenvalue weighted by atomic mass is 32.2. The van der Waals surface area contributed by atoms with Crippen molar-refractivity contribution in [1.82, 2.24) is 14.8 Å². The molecule has 5 heteroatoms. The summed E-state index contributed by atoms with van der Waals surface area (Å²) in [4.78, 5) is 0. The van der Waals surface area contributed by atoms with Crippen molar-refractivity contribution in [2.24, 2.45) is 0 Å². The van der Waals surface area contributed by atoms with Crippen molar-refractivity contribution in [3.63, 3.8) is 0 Å². The maximum atomic E-state index is 13.4. The number of hydrogen-bond donors (Lipinski definition) is 0. The van der Waals surface area contributed by atoms with E-state index < -0.39 is 0 Å². The first-order valence-corrected chi connectivity index (χ1v) is 6.59. The van der Waals surface area contributed by atoms with Gasteiger partial charge in [-0.25, -0.2) is 4.39 Å². The molecule has 3 rings (SSSR count). The molecule has 0 spiro atoms. The van der Waals surface area contributed by atoms with E-state index in [1.807, 2.05) is 6.07 Å². The number of rotatable bonds is 4. The van der Waals surface area contributed by atoms with Gasteiger partial charge in [-0.05, 0) is 24.5 Å². The van der Waals surface area contributed by atoms with Crippen LogP contribution in [0.25, 0.3) is 0 Å². The van der Waals surface area contributed by atoms with Crippen LogP contribution in [0, 0.1) is 5.82 Å². The smallest absolute Gasteiger partial charge is 0.191 e. The molecule has 0 saturated heterocycles. The van der Waals surface area contributed by atoms with Crippen LogP contribution in [0.5, 0.6) is 0 Å². The van der Waals surface area contributed by atoms with E-state index in [0.717, 1.165) is 5.16 Å². The Kier molecular flexibility index (Phi) is 2.84. The van der Waals surface area contributed by atoms with Crippen LogP contribution in [0.4, 0.5) is 4.39 Å². The highest BCUT2D eigenvalue weighted by Gasteiger charge is 2.26. The molecule has 1 heterocycles. The fourth-order valence-corrected chi connectivity index (χ4v) is 2.67. The van der Waals surface area contributed by atoms with Gasteiger partial charge in [-0.1, -0.05) is 30.0 Å². The average molecular weight is 249 g/mol. The molecular weight excluding hydrogens is 237 g/mol. The van der Waals surface area contributed by atoms with Crippen LogP contribution in [-0.4, -0.2) is 14.8 Å². The molecule has 0 bridgehead atoms. The Bertz CT molecular complexity index is 522. The van der Waals surface area contributed by atoms with E-state index in [4.69, 9.17) is 0 Å². The van der Waals surface area contributed by atoms with Crippen molar-refractivity contribution in [3.05, 3.63) is 42.0 Å². The quantitative estimate of drug-likeness (QED) is 0.780. The van der Waals surface area contributed by atoms with E-state index in [1.165, 1.54) is 30.7 Å². The van der Waals surface area contributed by atoms with Gasteiger partial charge in [0.2, 0.25) is 0 Å². The summed E-state index contributed by atoms with van der Waals surface area (Å²) in [5, 5.41) is 8.88. The molecule has 88 valence electrons. The highest BCUT2D eigenvalue weighted by molar-refractivity contribution is 7.98. The lowest BCUT2D eigenvalue weighted by Crippen LogP contribution is -1.95. The van der Waals surface area contributed by atoms with E-state index in [-0.39, 0.29) is 5.82 Å². The molecule has 1 saturated carbocycles. The molecule has 0 atom stereocenters. The lowest BCUT2D eigenvalue weighted by atomic mass is 10.2. The van der Waals surface area contributed by atoms with Crippen LogP contribution < -0.4 is 0 Å². The molecule has 2 aromatic rings.